The summed E-state index contributed by atoms with van der Waals surface area (Å²) in [6, 6.07) is 17.0. The van der Waals surface area contributed by atoms with Crippen molar-refractivity contribution in [2.45, 2.75) is 12.1 Å². The van der Waals surface area contributed by atoms with Crippen molar-refractivity contribution >= 4 is 31.9 Å². The van der Waals surface area contributed by atoms with Crippen molar-refractivity contribution in [1.29, 1.82) is 0 Å². The molecule has 0 saturated heterocycles. The Morgan fingerprint density at radius 3 is 1.35 bits per heavy atom. The average molecular weight is 398 g/mol. The lowest BCUT2D eigenvalue weighted by Crippen LogP contribution is -2.32. The molecule has 2 atom stereocenters. The zero-order valence-electron chi connectivity index (χ0n) is 11.5. The van der Waals surface area contributed by atoms with Crippen LogP contribution in [0, 0.1) is 0 Å². The molecule has 0 amide bonds. The highest BCUT2D eigenvalue weighted by molar-refractivity contribution is 9.10. The molecule has 0 heterocycles. The predicted molar refractivity (Wildman–Crippen MR) is 91.9 cm³/mol. The van der Waals surface area contributed by atoms with E-state index in [2.05, 4.69) is 78.9 Å². The second-order valence-electron chi connectivity index (χ2n) is 4.58. The topological polar surface area (TPSA) is 24.1 Å². The van der Waals surface area contributed by atoms with Gasteiger partial charge >= 0.3 is 0 Å². The van der Waals surface area contributed by atoms with Gasteiger partial charge in [-0.15, -0.1) is 0 Å². The minimum absolute atomic E-state index is 0.175. The van der Waals surface area contributed by atoms with Crippen LogP contribution in [0.1, 0.15) is 23.2 Å². The van der Waals surface area contributed by atoms with E-state index in [4.69, 9.17) is 0 Å². The van der Waals surface area contributed by atoms with Gasteiger partial charge in [-0.25, -0.2) is 0 Å². The summed E-state index contributed by atoms with van der Waals surface area (Å²) >= 11 is 7.29. The van der Waals surface area contributed by atoms with Crippen LogP contribution in [-0.4, -0.2) is 14.1 Å². The first-order valence-corrected chi connectivity index (χ1v) is 8.11. The second kappa shape index (κ2) is 7.36. The van der Waals surface area contributed by atoms with E-state index in [9.17, 15) is 0 Å². The summed E-state index contributed by atoms with van der Waals surface area (Å²) in [5.74, 6) is 0. The van der Waals surface area contributed by atoms with E-state index in [1.54, 1.807) is 0 Å². The van der Waals surface area contributed by atoms with Crippen LogP contribution >= 0.6 is 31.9 Å². The van der Waals surface area contributed by atoms with Crippen LogP contribution in [0.25, 0.3) is 0 Å². The molecular formula is C16H18Br2N2. The third-order valence-electron chi connectivity index (χ3n) is 3.44. The minimum atomic E-state index is 0.175. The summed E-state index contributed by atoms with van der Waals surface area (Å²) < 4.78 is 2.23. The Balaban J connectivity index is 2.44. The molecule has 0 bridgehead atoms. The predicted octanol–water partition coefficient (Wildman–Crippen LogP) is 4.43. The second-order valence-corrected chi connectivity index (χ2v) is 6.28. The lowest BCUT2D eigenvalue weighted by molar-refractivity contribution is 0.430. The van der Waals surface area contributed by atoms with Gasteiger partial charge in [-0.1, -0.05) is 68.3 Å². The van der Waals surface area contributed by atoms with Crippen LogP contribution in [-0.2, 0) is 0 Å². The Bertz CT molecular complexity index is 520. The third kappa shape index (κ3) is 3.31. The van der Waals surface area contributed by atoms with Crippen molar-refractivity contribution in [3.8, 4) is 0 Å². The van der Waals surface area contributed by atoms with E-state index in [1.165, 1.54) is 11.1 Å². The molecule has 4 heteroatoms. The van der Waals surface area contributed by atoms with E-state index >= 15 is 0 Å². The number of hydrogen-bond acceptors (Lipinski definition) is 2. The highest BCUT2D eigenvalue weighted by atomic mass is 79.9. The van der Waals surface area contributed by atoms with E-state index in [1.807, 2.05) is 26.2 Å². The first-order valence-electron chi connectivity index (χ1n) is 6.52. The van der Waals surface area contributed by atoms with Crippen LogP contribution in [0.5, 0.6) is 0 Å². The van der Waals surface area contributed by atoms with Crippen LogP contribution in [0.3, 0.4) is 0 Å². The largest absolute Gasteiger partial charge is 0.311 e. The molecule has 0 saturated carbocycles. The van der Waals surface area contributed by atoms with Gasteiger partial charge in [-0.3, -0.25) is 0 Å². The molecule has 0 aliphatic carbocycles. The Morgan fingerprint density at radius 2 is 1.05 bits per heavy atom. The van der Waals surface area contributed by atoms with Crippen LogP contribution in [0.15, 0.2) is 57.5 Å². The standard InChI is InChI=1S/C16H18Br2N2/c1-19-15(11-7-3-5-9-13(11)17)16(20-2)12-8-4-6-10-14(12)18/h3-10,15-16,19-20H,1-2H3/t15-,16-/m1/s1. The first-order chi connectivity index (χ1) is 9.69. The lowest BCUT2D eigenvalue weighted by atomic mass is 9.93. The normalized spacial score (nSPS) is 14.0. The van der Waals surface area contributed by atoms with Gasteiger partial charge < -0.3 is 10.6 Å². The van der Waals surface area contributed by atoms with Gasteiger partial charge in [0.05, 0.1) is 12.1 Å². The Morgan fingerprint density at radius 1 is 0.700 bits per heavy atom. The molecule has 0 aliphatic rings. The molecule has 2 nitrogen and oxygen atoms in total. The van der Waals surface area contributed by atoms with Crippen molar-refractivity contribution in [3.05, 3.63) is 68.6 Å². The molecule has 0 fully saturated rings. The van der Waals surface area contributed by atoms with Crippen molar-refractivity contribution in [2.24, 2.45) is 0 Å². The number of likely N-dealkylation sites (N-methyl/N-ethyl adjacent to an activating group) is 2. The zero-order chi connectivity index (χ0) is 14.5. The summed E-state index contributed by atoms with van der Waals surface area (Å²) in [4.78, 5) is 0. The Hall–Kier alpha value is -0.680. The van der Waals surface area contributed by atoms with Gasteiger partial charge in [0.1, 0.15) is 0 Å². The minimum Gasteiger partial charge on any atom is -0.311 e. The maximum absolute atomic E-state index is 3.65. The fraction of sp³-hybridized carbons (Fsp3) is 0.250. The van der Waals surface area contributed by atoms with Crippen molar-refractivity contribution in [3.63, 3.8) is 0 Å². The molecular weight excluding hydrogens is 380 g/mol. The van der Waals surface area contributed by atoms with Crippen LogP contribution in [0.2, 0.25) is 0 Å². The van der Waals surface area contributed by atoms with E-state index < -0.39 is 0 Å². The molecule has 20 heavy (non-hydrogen) atoms. The highest BCUT2D eigenvalue weighted by Crippen LogP contribution is 2.35. The average Bonchev–Trinajstić information content (AvgIpc) is 2.47. The molecule has 0 aromatic heterocycles. The van der Waals surface area contributed by atoms with Crippen molar-refractivity contribution in [2.75, 3.05) is 14.1 Å². The smallest absolute Gasteiger partial charge is 0.0527 e. The molecule has 2 N–H and O–H groups in total. The number of benzene rings is 2. The fourth-order valence-electron chi connectivity index (χ4n) is 2.46. The first kappa shape index (κ1) is 15.7. The monoisotopic (exact) mass is 396 g/mol. The SMILES string of the molecule is CN[C@H](c1ccccc1Br)[C@H](NC)c1ccccc1Br. The summed E-state index contributed by atoms with van der Waals surface area (Å²) in [5, 5.41) is 6.85. The molecule has 2 aromatic carbocycles. The lowest BCUT2D eigenvalue weighted by Gasteiger charge is -2.29. The van der Waals surface area contributed by atoms with Gasteiger partial charge in [0.15, 0.2) is 0 Å². The van der Waals surface area contributed by atoms with Crippen molar-refractivity contribution in [1.82, 2.24) is 10.6 Å². The molecule has 0 aliphatic heterocycles. The number of hydrogen-bond donors (Lipinski definition) is 2. The maximum Gasteiger partial charge on any atom is 0.0527 e. The van der Waals surface area contributed by atoms with E-state index in [0.29, 0.717) is 0 Å². The van der Waals surface area contributed by atoms with Gasteiger partial charge in [0, 0.05) is 8.95 Å². The van der Waals surface area contributed by atoms with E-state index in [-0.39, 0.29) is 12.1 Å². The van der Waals surface area contributed by atoms with Crippen LogP contribution < -0.4 is 10.6 Å². The molecule has 2 rings (SSSR count). The van der Waals surface area contributed by atoms with Gasteiger partial charge in [0.2, 0.25) is 0 Å². The zero-order valence-corrected chi connectivity index (χ0v) is 14.7. The summed E-state index contributed by atoms with van der Waals surface area (Å²) in [5.41, 5.74) is 2.48. The Labute approximate surface area is 137 Å². The molecule has 106 valence electrons. The van der Waals surface area contributed by atoms with Gasteiger partial charge in [-0.05, 0) is 37.4 Å². The highest BCUT2D eigenvalue weighted by Gasteiger charge is 2.24. The number of rotatable bonds is 5. The quantitative estimate of drug-likeness (QED) is 0.779. The van der Waals surface area contributed by atoms with Gasteiger partial charge in [0.25, 0.3) is 0 Å². The number of halogens is 2. The third-order valence-corrected chi connectivity index (χ3v) is 4.88. The summed E-state index contributed by atoms with van der Waals surface area (Å²) in [6.45, 7) is 0. The van der Waals surface area contributed by atoms with E-state index in [0.717, 1.165) is 8.95 Å². The maximum atomic E-state index is 3.65. The molecule has 0 radical (unpaired) electrons. The molecule has 0 spiro atoms. The summed E-state index contributed by atoms with van der Waals surface area (Å²) in [7, 11) is 3.98. The summed E-state index contributed by atoms with van der Waals surface area (Å²) in [6.07, 6.45) is 0. The van der Waals surface area contributed by atoms with Gasteiger partial charge in [-0.2, -0.15) is 0 Å². The Kier molecular flexibility index (Phi) is 5.78. The molecule has 0 unspecified atom stereocenters. The molecule has 2 aromatic rings. The van der Waals surface area contributed by atoms with Crippen molar-refractivity contribution < 1.29 is 0 Å². The fourth-order valence-corrected chi connectivity index (χ4v) is 3.52. The number of nitrogens with one attached hydrogen (secondary N) is 2. The van der Waals surface area contributed by atoms with Crippen LogP contribution in [0.4, 0.5) is 0 Å².